The van der Waals surface area contributed by atoms with Gasteiger partial charge in [-0.1, -0.05) is 17.7 Å². The van der Waals surface area contributed by atoms with E-state index in [-0.39, 0.29) is 17.3 Å². The monoisotopic (exact) mass is 408 g/mol. The number of carbonyl (C=O) groups excluding carboxylic acids is 2. The average molecular weight is 409 g/mol. The molecule has 6 nitrogen and oxygen atoms in total. The second-order valence-electron chi connectivity index (χ2n) is 5.62. The van der Waals surface area contributed by atoms with Gasteiger partial charge in [-0.25, -0.2) is 4.39 Å². The van der Waals surface area contributed by atoms with Crippen LogP contribution in [0.4, 0.5) is 10.1 Å². The highest BCUT2D eigenvalue weighted by Crippen LogP contribution is 2.32. The summed E-state index contributed by atoms with van der Waals surface area (Å²) in [7, 11) is 0. The van der Waals surface area contributed by atoms with Crippen LogP contribution in [0.2, 0.25) is 5.02 Å². The van der Waals surface area contributed by atoms with Gasteiger partial charge < -0.3 is 20.2 Å². The smallest absolute Gasteiger partial charge is 0.313 e. The highest BCUT2D eigenvalue weighted by Gasteiger charge is 2.35. The molecule has 0 fully saturated rings. The molecule has 0 bridgehead atoms. The molecule has 3 N–H and O–H groups in total. The summed E-state index contributed by atoms with van der Waals surface area (Å²) in [5.74, 6) is -2.58. The van der Waals surface area contributed by atoms with E-state index >= 15 is 0 Å². The van der Waals surface area contributed by atoms with Crippen molar-refractivity contribution in [1.29, 1.82) is 0 Å². The van der Waals surface area contributed by atoms with Crippen LogP contribution in [-0.2, 0) is 15.2 Å². The Bertz CT molecular complexity index is 910. The molecule has 0 radical (unpaired) electrons. The van der Waals surface area contributed by atoms with Crippen LogP contribution in [0.5, 0.6) is 0 Å². The summed E-state index contributed by atoms with van der Waals surface area (Å²) in [6.07, 6.45) is 2.77. The fourth-order valence-electron chi connectivity index (χ4n) is 2.40. The maximum Gasteiger partial charge on any atom is 0.313 e. The standard InChI is InChI=1S/C18H14ClFN2O4S/c19-13-8-12(3-4-14(13)20)22-17(24)16(23)21-10-18(25,11-5-6-26-9-11)15-2-1-7-27-15/h1-9,25H,10H2,(H,21,23)(H,22,24)/t18-/m0/s1. The molecule has 0 aliphatic carbocycles. The first-order valence-corrected chi connectivity index (χ1v) is 8.99. The summed E-state index contributed by atoms with van der Waals surface area (Å²) in [6, 6.07) is 8.59. The quantitative estimate of drug-likeness (QED) is 0.566. The second kappa shape index (κ2) is 7.91. The van der Waals surface area contributed by atoms with Crippen molar-refractivity contribution in [2.45, 2.75) is 5.60 Å². The number of carbonyl (C=O) groups is 2. The molecule has 3 rings (SSSR count). The minimum atomic E-state index is -1.55. The summed E-state index contributed by atoms with van der Waals surface area (Å²) in [5, 5.41) is 17.4. The Balaban J connectivity index is 1.69. The Labute approximate surface area is 162 Å². The molecular weight excluding hydrogens is 395 g/mol. The lowest BCUT2D eigenvalue weighted by Gasteiger charge is -2.26. The molecule has 140 valence electrons. The first-order chi connectivity index (χ1) is 12.9. The predicted octanol–water partition coefficient (Wildman–Crippen LogP) is 3.12. The molecule has 0 saturated heterocycles. The minimum absolute atomic E-state index is 0.171. The number of aliphatic hydroxyl groups is 1. The van der Waals surface area contributed by atoms with Gasteiger partial charge in [0.15, 0.2) is 0 Å². The molecule has 0 aliphatic rings. The molecule has 27 heavy (non-hydrogen) atoms. The van der Waals surface area contributed by atoms with Crippen molar-refractivity contribution in [2.75, 3.05) is 11.9 Å². The number of hydrogen-bond donors (Lipinski definition) is 3. The van der Waals surface area contributed by atoms with Crippen molar-refractivity contribution < 1.29 is 23.5 Å². The van der Waals surface area contributed by atoms with Gasteiger partial charge in [-0.15, -0.1) is 11.3 Å². The Morgan fingerprint density at radius 3 is 2.70 bits per heavy atom. The van der Waals surface area contributed by atoms with Crippen LogP contribution in [-0.4, -0.2) is 23.5 Å². The maximum absolute atomic E-state index is 13.2. The van der Waals surface area contributed by atoms with Crippen molar-refractivity contribution in [3.63, 3.8) is 0 Å². The first kappa shape index (κ1) is 19.1. The lowest BCUT2D eigenvalue weighted by atomic mass is 9.94. The van der Waals surface area contributed by atoms with Gasteiger partial charge in [0.1, 0.15) is 11.4 Å². The number of amides is 2. The van der Waals surface area contributed by atoms with Crippen LogP contribution in [0.15, 0.2) is 58.7 Å². The maximum atomic E-state index is 13.2. The Hall–Kier alpha value is -2.68. The highest BCUT2D eigenvalue weighted by molar-refractivity contribution is 7.10. The van der Waals surface area contributed by atoms with E-state index in [4.69, 9.17) is 16.0 Å². The zero-order chi connectivity index (χ0) is 19.4. The molecular formula is C18H14ClFN2O4S. The van der Waals surface area contributed by atoms with Gasteiger partial charge in [-0.05, 0) is 35.7 Å². The Morgan fingerprint density at radius 1 is 1.26 bits per heavy atom. The zero-order valence-corrected chi connectivity index (χ0v) is 15.3. The van der Waals surface area contributed by atoms with Gasteiger partial charge in [0.25, 0.3) is 0 Å². The third kappa shape index (κ3) is 4.19. The number of furan rings is 1. The summed E-state index contributed by atoms with van der Waals surface area (Å²) < 4.78 is 18.2. The number of benzene rings is 1. The number of hydrogen-bond acceptors (Lipinski definition) is 5. The lowest BCUT2D eigenvalue weighted by Crippen LogP contribution is -2.44. The molecule has 0 aliphatic heterocycles. The van der Waals surface area contributed by atoms with E-state index in [1.807, 2.05) is 0 Å². The van der Waals surface area contributed by atoms with Crippen LogP contribution in [0.3, 0.4) is 0 Å². The topological polar surface area (TPSA) is 91.6 Å². The van der Waals surface area contributed by atoms with E-state index in [9.17, 15) is 19.1 Å². The van der Waals surface area contributed by atoms with Crippen molar-refractivity contribution in [3.05, 3.63) is 75.6 Å². The number of thiophene rings is 1. The van der Waals surface area contributed by atoms with Crippen molar-refractivity contribution in [3.8, 4) is 0 Å². The number of rotatable bonds is 5. The third-order valence-electron chi connectivity index (χ3n) is 3.82. The van der Waals surface area contributed by atoms with Crippen LogP contribution >= 0.6 is 22.9 Å². The van der Waals surface area contributed by atoms with E-state index < -0.39 is 23.2 Å². The number of anilines is 1. The van der Waals surface area contributed by atoms with Gasteiger partial charge in [0.2, 0.25) is 0 Å². The summed E-state index contributed by atoms with van der Waals surface area (Å²) in [4.78, 5) is 24.7. The molecule has 0 saturated carbocycles. The summed E-state index contributed by atoms with van der Waals surface area (Å²) in [5.41, 5.74) is -0.933. The fraction of sp³-hybridized carbons (Fsp3) is 0.111. The van der Waals surface area contributed by atoms with E-state index in [0.717, 1.165) is 6.07 Å². The fourth-order valence-corrected chi connectivity index (χ4v) is 3.42. The van der Waals surface area contributed by atoms with Crippen molar-refractivity contribution in [1.82, 2.24) is 5.32 Å². The molecule has 2 heterocycles. The van der Waals surface area contributed by atoms with Gasteiger partial charge in [0, 0.05) is 16.1 Å². The first-order valence-electron chi connectivity index (χ1n) is 7.73. The zero-order valence-electron chi connectivity index (χ0n) is 13.7. The molecule has 1 aromatic carbocycles. The number of nitrogens with one attached hydrogen (secondary N) is 2. The SMILES string of the molecule is O=C(NC[C@](O)(c1ccoc1)c1cccs1)C(=O)Nc1ccc(F)c(Cl)c1. The van der Waals surface area contributed by atoms with Crippen LogP contribution in [0.1, 0.15) is 10.4 Å². The molecule has 3 aromatic rings. The van der Waals surface area contributed by atoms with Crippen LogP contribution in [0, 0.1) is 5.82 Å². The van der Waals surface area contributed by atoms with E-state index in [1.54, 1.807) is 23.6 Å². The van der Waals surface area contributed by atoms with Crippen molar-refractivity contribution in [2.24, 2.45) is 0 Å². The van der Waals surface area contributed by atoms with Gasteiger partial charge in [-0.2, -0.15) is 0 Å². The van der Waals surface area contributed by atoms with Gasteiger partial charge in [-0.3, -0.25) is 9.59 Å². The van der Waals surface area contributed by atoms with Crippen LogP contribution in [0.25, 0.3) is 0 Å². The molecule has 2 amide bonds. The molecule has 2 aromatic heterocycles. The lowest BCUT2D eigenvalue weighted by molar-refractivity contribution is -0.136. The normalized spacial score (nSPS) is 13.0. The largest absolute Gasteiger partial charge is 0.472 e. The molecule has 0 unspecified atom stereocenters. The summed E-state index contributed by atoms with van der Waals surface area (Å²) in [6.45, 7) is -0.247. The molecule has 0 spiro atoms. The average Bonchev–Trinajstić information content (AvgIpc) is 3.36. The van der Waals surface area contributed by atoms with E-state index in [2.05, 4.69) is 10.6 Å². The Kier molecular flexibility index (Phi) is 5.59. The van der Waals surface area contributed by atoms with E-state index in [0.29, 0.717) is 10.4 Å². The van der Waals surface area contributed by atoms with Gasteiger partial charge >= 0.3 is 11.8 Å². The molecule has 9 heteroatoms. The highest BCUT2D eigenvalue weighted by atomic mass is 35.5. The predicted molar refractivity (Wildman–Crippen MR) is 99.1 cm³/mol. The Morgan fingerprint density at radius 2 is 2.07 bits per heavy atom. The van der Waals surface area contributed by atoms with Gasteiger partial charge in [0.05, 0.1) is 24.1 Å². The summed E-state index contributed by atoms with van der Waals surface area (Å²) >= 11 is 6.94. The third-order valence-corrected chi connectivity index (χ3v) is 5.13. The van der Waals surface area contributed by atoms with Crippen LogP contribution < -0.4 is 10.6 Å². The van der Waals surface area contributed by atoms with E-state index in [1.165, 1.54) is 36.0 Å². The van der Waals surface area contributed by atoms with Crippen molar-refractivity contribution >= 4 is 40.4 Å². The minimum Gasteiger partial charge on any atom is -0.472 e. The number of halogens is 2. The molecule has 1 atom stereocenters. The second-order valence-corrected chi connectivity index (χ2v) is 6.97.